The summed E-state index contributed by atoms with van der Waals surface area (Å²) in [7, 11) is 0. The summed E-state index contributed by atoms with van der Waals surface area (Å²) in [5.74, 6) is -1.65. The number of aldehydes is 2. The first kappa shape index (κ1) is 22.3. The van der Waals surface area contributed by atoms with Gasteiger partial charge in [0.2, 0.25) is 11.6 Å². The minimum atomic E-state index is -0.826. The Morgan fingerprint density at radius 3 is 1.78 bits per heavy atom. The fourth-order valence-corrected chi connectivity index (χ4v) is 2.00. The first-order valence-corrected chi connectivity index (χ1v) is 5.86. The molecule has 0 aromatic heterocycles. The number of carbonyl (C=O) groups is 4. The van der Waals surface area contributed by atoms with E-state index in [2.05, 4.69) is 0 Å². The highest BCUT2D eigenvalue weighted by Gasteiger charge is 2.20. The molecular formula is C16H16O7. The molecule has 0 bridgehead atoms. The van der Waals surface area contributed by atoms with E-state index in [4.69, 9.17) is 0 Å². The van der Waals surface area contributed by atoms with Crippen molar-refractivity contribution in [1.82, 2.24) is 0 Å². The first-order valence-electron chi connectivity index (χ1n) is 5.86. The predicted molar refractivity (Wildman–Crippen MR) is 83.5 cm³/mol. The van der Waals surface area contributed by atoms with Gasteiger partial charge in [0, 0.05) is 11.1 Å². The molecule has 0 amide bonds. The zero-order valence-electron chi connectivity index (χ0n) is 11.9. The third-order valence-corrected chi connectivity index (χ3v) is 2.88. The summed E-state index contributed by atoms with van der Waals surface area (Å²) in [6.45, 7) is 0. The molecule has 0 spiro atoms. The molecule has 2 rings (SSSR count). The summed E-state index contributed by atoms with van der Waals surface area (Å²) in [4.78, 5) is 44.9. The van der Waals surface area contributed by atoms with Gasteiger partial charge in [-0.05, 0) is 11.1 Å². The van der Waals surface area contributed by atoms with E-state index in [1.807, 2.05) is 6.07 Å². The molecule has 0 fully saturated rings. The van der Waals surface area contributed by atoms with Gasteiger partial charge in [-0.2, -0.15) is 0 Å². The van der Waals surface area contributed by atoms with E-state index in [-0.39, 0.29) is 40.1 Å². The van der Waals surface area contributed by atoms with Crippen LogP contribution in [0.15, 0.2) is 48.5 Å². The number of benzene rings is 2. The fraction of sp³-hybridized carbons (Fsp3) is 0. The van der Waals surface area contributed by atoms with Crippen LogP contribution in [-0.4, -0.2) is 40.6 Å². The van der Waals surface area contributed by atoms with Gasteiger partial charge in [-0.15, -0.1) is 0 Å². The van der Waals surface area contributed by atoms with E-state index in [0.29, 0.717) is 11.1 Å². The summed E-state index contributed by atoms with van der Waals surface area (Å²) in [6.07, 6.45) is 0.273. The van der Waals surface area contributed by atoms with Crippen molar-refractivity contribution in [2.24, 2.45) is 0 Å². The molecule has 7 heteroatoms. The van der Waals surface area contributed by atoms with Gasteiger partial charge in [-0.25, -0.2) is 0 Å². The van der Waals surface area contributed by atoms with E-state index in [1.165, 1.54) is 6.07 Å². The monoisotopic (exact) mass is 320 g/mol. The van der Waals surface area contributed by atoms with Crippen LogP contribution < -0.4 is 0 Å². The van der Waals surface area contributed by atoms with Crippen LogP contribution in [0, 0.1) is 0 Å². The molecule has 0 heterocycles. The fourth-order valence-electron chi connectivity index (χ4n) is 2.00. The molecule has 0 unspecified atom stereocenters. The van der Waals surface area contributed by atoms with Crippen LogP contribution >= 0.6 is 0 Å². The zero-order chi connectivity index (χ0) is 14.5. The minimum Gasteiger partial charge on any atom is -0.412 e. The van der Waals surface area contributed by atoms with Crippen LogP contribution in [0.25, 0.3) is 11.1 Å². The van der Waals surface area contributed by atoms with Crippen molar-refractivity contribution in [2.75, 3.05) is 0 Å². The molecule has 0 saturated heterocycles. The summed E-state index contributed by atoms with van der Waals surface area (Å²) >= 11 is 0. The molecule has 0 saturated carbocycles. The molecule has 0 aliphatic heterocycles. The molecular weight excluding hydrogens is 304 g/mol. The molecule has 2 aromatic carbocycles. The van der Waals surface area contributed by atoms with Crippen LogP contribution in [0.4, 0.5) is 0 Å². The van der Waals surface area contributed by atoms with Crippen LogP contribution in [0.3, 0.4) is 0 Å². The van der Waals surface area contributed by atoms with Gasteiger partial charge in [0.1, 0.15) is 0 Å². The van der Waals surface area contributed by atoms with Gasteiger partial charge in [0.25, 0.3) is 0 Å². The topological polar surface area (TPSA) is 163 Å². The lowest BCUT2D eigenvalue weighted by Crippen LogP contribution is -2.12. The van der Waals surface area contributed by atoms with E-state index >= 15 is 0 Å². The Morgan fingerprint density at radius 1 is 0.696 bits per heavy atom. The Bertz CT molecular complexity index is 693. The number of ketones is 2. The molecule has 0 atom stereocenters. The number of hydrogen-bond acceptors (Lipinski definition) is 4. The lowest BCUT2D eigenvalue weighted by atomic mass is 9.91. The van der Waals surface area contributed by atoms with E-state index in [9.17, 15) is 19.2 Å². The van der Waals surface area contributed by atoms with Gasteiger partial charge >= 0.3 is 0 Å². The van der Waals surface area contributed by atoms with Gasteiger partial charge in [-0.3, -0.25) is 19.2 Å². The Kier molecular flexibility index (Phi) is 9.54. The van der Waals surface area contributed by atoms with Crippen LogP contribution in [0.2, 0.25) is 0 Å². The number of rotatable bonds is 5. The molecule has 0 radical (unpaired) electrons. The minimum absolute atomic E-state index is 0. The van der Waals surface area contributed by atoms with Crippen molar-refractivity contribution >= 4 is 24.1 Å². The average Bonchev–Trinajstić information content (AvgIpc) is 2.53. The van der Waals surface area contributed by atoms with Crippen molar-refractivity contribution in [3.63, 3.8) is 0 Å². The molecule has 6 N–H and O–H groups in total. The van der Waals surface area contributed by atoms with E-state index in [0.717, 1.165) is 0 Å². The Balaban J connectivity index is 0. The highest BCUT2D eigenvalue weighted by molar-refractivity contribution is 6.42. The smallest absolute Gasteiger partial charge is 0.226 e. The highest BCUT2D eigenvalue weighted by atomic mass is 16.2. The molecule has 0 aliphatic carbocycles. The van der Waals surface area contributed by atoms with Crippen LogP contribution in [0.1, 0.15) is 20.7 Å². The maximum absolute atomic E-state index is 11.8. The third kappa shape index (κ3) is 4.48. The lowest BCUT2D eigenvalue weighted by Gasteiger charge is -2.10. The van der Waals surface area contributed by atoms with Crippen LogP contribution in [0.5, 0.6) is 0 Å². The van der Waals surface area contributed by atoms with E-state index in [1.54, 1.807) is 36.4 Å². The second kappa shape index (κ2) is 9.85. The van der Waals surface area contributed by atoms with E-state index < -0.39 is 11.6 Å². The average molecular weight is 320 g/mol. The van der Waals surface area contributed by atoms with Crippen LogP contribution in [-0.2, 0) is 9.59 Å². The van der Waals surface area contributed by atoms with Crippen molar-refractivity contribution in [2.45, 2.75) is 0 Å². The molecule has 0 aliphatic rings. The lowest BCUT2D eigenvalue weighted by molar-refractivity contribution is -0.105. The molecule has 2 aromatic rings. The van der Waals surface area contributed by atoms with Gasteiger partial charge in [-0.1, -0.05) is 48.5 Å². The Hall–Kier alpha value is -3.00. The second-order valence-electron chi connectivity index (χ2n) is 4.06. The number of Topliss-reactive ketones (excluding diaryl/α,β-unsaturated/α-hetero) is 2. The number of carbonyl (C=O) groups excluding carboxylic acids is 4. The third-order valence-electron chi connectivity index (χ3n) is 2.88. The Morgan fingerprint density at radius 2 is 1.26 bits per heavy atom. The van der Waals surface area contributed by atoms with Crippen molar-refractivity contribution in [3.05, 3.63) is 59.7 Å². The summed E-state index contributed by atoms with van der Waals surface area (Å²) in [5, 5.41) is 0. The maximum Gasteiger partial charge on any atom is 0.226 e. The summed E-state index contributed by atoms with van der Waals surface area (Å²) in [5.41, 5.74) is 1.05. The predicted octanol–water partition coefficient (Wildman–Crippen LogP) is -0.357. The Labute approximate surface area is 131 Å². The van der Waals surface area contributed by atoms with Crippen molar-refractivity contribution < 1.29 is 35.6 Å². The second-order valence-corrected chi connectivity index (χ2v) is 4.06. The number of hydrogen-bond donors (Lipinski definition) is 0. The largest absolute Gasteiger partial charge is 0.412 e. The summed E-state index contributed by atoms with van der Waals surface area (Å²) in [6, 6.07) is 13.4. The highest BCUT2D eigenvalue weighted by Crippen LogP contribution is 2.26. The maximum atomic E-state index is 11.8. The first-order chi connectivity index (χ1) is 9.69. The zero-order valence-corrected chi connectivity index (χ0v) is 11.9. The van der Waals surface area contributed by atoms with Crippen molar-refractivity contribution in [3.8, 4) is 11.1 Å². The molecule has 7 nitrogen and oxygen atoms in total. The quantitative estimate of drug-likeness (QED) is 0.417. The van der Waals surface area contributed by atoms with Gasteiger partial charge < -0.3 is 16.4 Å². The van der Waals surface area contributed by atoms with Gasteiger partial charge in [0.05, 0.1) is 0 Å². The standard InChI is InChI=1S/C16H10O4.3H2O/c17-9-14(19)13-8-4-7-12(16(13)15(20)10-18)11-5-2-1-3-6-11;;;/h1-10H;3*1H2. The van der Waals surface area contributed by atoms with Crippen molar-refractivity contribution in [1.29, 1.82) is 0 Å². The molecule has 122 valence electrons. The summed E-state index contributed by atoms with van der Waals surface area (Å²) < 4.78 is 0. The normalized spacial score (nSPS) is 8.52. The molecule has 23 heavy (non-hydrogen) atoms. The van der Waals surface area contributed by atoms with Gasteiger partial charge in [0.15, 0.2) is 12.6 Å². The SMILES string of the molecule is O.O.O.O=CC(=O)c1cccc(-c2ccccc2)c1C(=O)C=O.